The molecule has 0 saturated heterocycles. The lowest BCUT2D eigenvalue weighted by atomic mass is 9.88. The van der Waals surface area contributed by atoms with Gasteiger partial charge in [-0.1, -0.05) is 285 Å². The number of para-hydroxylation sites is 5. The molecule has 27 rings (SSSR count). The summed E-state index contributed by atoms with van der Waals surface area (Å²) in [6, 6.07) is 143. The minimum Gasteiger partial charge on any atom is -0.455 e. The van der Waals surface area contributed by atoms with Crippen molar-refractivity contribution >= 4 is 141 Å². The first kappa shape index (κ1) is 71.9. The van der Waals surface area contributed by atoms with Crippen LogP contribution in [0.25, 0.3) is 243 Å². The smallest absolute Gasteiger partial charge is 0.178 e. The van der Waals surface area contributed by atoms with Gasteiger partial charge in [-0.15, -0.1) is 11.3 Å². The highest BCUT2D eigenvalue weighted by Crippen LogP contribution is 2.54. The predicted octanol–water partition coefficient (Wildman–Crippen LogP) is 30.5. The Morgan fingerprint density at radius 3 is 1.15 bits per heavy atom. The van der Waals surface area contributed by atoms with E-state index in [9.17, 15) is 0 Å². The summed E-state index contributed by atoms with van der Waals surface area (Å²) in [7, 11) is 0. The van der Waals surface area contributed by atoms with Crippen LogP contribution in [0.3, 0.4) is 0 Å². The highest BCUT2D eigenvalue weighted by atomic mass is 32.1. The van der Waals surface area contributed by atoms with E-state index in [1.807, 2.05) is 151 Å². The number of rotatable bonds is 11. The fourth-order valence-corrected chi connectivity index (χ4v) is 20.6. The van der Waals surface area contributed by atoms with Gasteiger partial charge in [-0.25, -0.2) is 29.9 Å². The monoisotopic (exact) mass is 1640 g/mol. The van der Waals surface area contributed by atoms with E-state index >= 15 is 0 Å². The Kier molecular flexibility index (Phi) is 16.4. The molecule has 127 heavy (non-hydrogen) atoms. The van der Waals surface area contributed by atoms with Gasteiger partial charge in [0.15, 0.2) is 46.1 Å². The number of fused-ring (bicyclic) bond motifs is 23. The van der Waals surface area contributed by atoms with Crippen molar-refractivity contribution in [3.05, 3.63) is 423 Å². The summed E-state index contributed by atoms with van der Waals surface area (Å²) < 4.78 is 27.5. The molecule has 8 aromatic heterocycles. The number of nitrogens with zero attached hydrogens (tertiary/aromatic N) is 8. The third-order valence-corrected chi connectivity index (χ3v) is 26.6. The number of hydrogen-bond donors (Lipinski definition) is 0. The van der Waals surface area contributed by atoms with Gasteiger partial charge >= 0.3 is 0 Å². The van der Waals surface area contributed by atoms with Crippen molar-refractivity contribution in [2.24, 2.45) is 0 Å². The predicted molar refractivity (Wildman–Crippen MR) is 519 cm³/mol. The molecule has 592 valence electrons. The Morgan fingerprint density at radius 1 is 0.213 bits per heavy atom. The van der Waals surface area contributed by atoms with Gasteiger partial charge in [0.25, 0.3) is 0 Å². The number of hydrogen-bond acceptors (Lipinski definition) is 10. The molecule has 18 aromatic carbocycles. The quantitative estimate of drug-likeness (QED) is 0.124. The Hall–Kier alpha value is -16.8. The van der Waals surface area contributed by atoms with Gasteiger partial charge in [-0.2, -0.15) is 0 Å². The van der Waals surface area contributed by atoms with Crippen LogP contribution in [0.5, 0.6) is 0 Å². The highest BCUT2D eigenvalue weighted by molar-refractivity contribution is 7.25. The van der Waals surface area contributed by atoms with Crippen molar-refractivity contribution in [1.29, 1.82) is 0 Å². The Morgan fingerprint density at radius 2 is 0.583 bits per heavy atom. The molecular formula is C115H68N8O3S. The first-order valence-electron chi connectivity index (χ1n) is 42.7. The molecule has 0 spiro atoms. The molecule has 0 aliphatic heterocycles. The van der Waals surface area contributed by atoms with E-state index in [0.29, 0.717) is 34.9 Å². The van der Waals surface area contributed by atoms with E-state index in [0.717, 1.165) is 160 Å². The largest absolute Gasteiger partial charge is 0.455 e. The topological polar surface area (TPSA) is 127 Å². The van der Waals surface area contributed by atoms with Crippen molar-refractivity contribution in [3.8, 4) is 113 Å². The molecule has 0 bridgehead atoms. The van der Waals surface area contributed by atoms with E-state index < -0.39 is 0 Å². The van der Waals surface area contributed by atoms with E-state index in [1.165, 1.54) is 64.1 Å². The third kappa shape index (κ3) is 11.7. The molecule has 12 heteroatoms. The lowest BCUT2D eigenvalue weighted by Crippen LogP contribution is -2.00. The first-order valence-corrected chi connectivity index (χ1v) is 43.5. The Labute approximate surface area is 730 Å². The van der Waals surface area contributed by atoms with Gasteiger partial charge in [-0.05, 0) is 155 Å². The number of benzene rings is 18. The first-order chi connectivity index (χ1) is 62.9. The van der Waals surface area contributed by atoms with Crippen LogP contribution in [0.1, 0.15) is 22.6 Å². The molecular weight excluding hydrogens is 1570 g/mol. The minimum absolute atomic E-state index is 0.0904. The lowest BCUT2D eigenvalue weighted by Gasteiger charge is -2.14. The number of furan rings is 3. The molecule has 1 unspecified atom stereocenters. The molecule has 1 atom stereocenters. The van der Waals surface area contributed by atoms with Crippen LogP contribution in [0.15, 0.2) is 420 Å². The molecule has 0 saturated carbocycles. The fraction of sp³-hybridized carbons (Fsp3) is 0.00870. The van der Waals surface area contributed by atoms with Crippen LogP contribution in [-0.2, 0) is 0 Å². The van der Waals surface area contributed by atoms with Gasteiger partial charge < -0.3 is 22.4 Å². The zero-order valence-corrected chi connectivity index (χ0v) is 68.8. The maximum atomic E-state index is 7.18. The summed E-state index contributed by atoms with van der Waals surface area (Å²) in [5, 5.41) is 13.6. The maximum absolute atomic E-state index is 7.18. The van der Waals surface area contributed by atoms with Gasteiger partial charge in [0.1, 0.15) is 22.3 Å². The second-order valence-corrected chi connectivity index (χ2v) is 33.7. The van der Waals surface area contributed by atoms with Gasteiger partial charge in [0.2, 0.25) is 0 Å². The molecule has 0 amide bonds. The zero-order chi connectivity index (χ0) is 83.3. The minimum atomic E-state index is 0.0904. The van der Waals surface area contributed by atoms with Crippen molar-refractivity contribution in [3.63, 3.8) is 0 Å². The van der Waals surface area contributed by atoms with Crippen LogP contribution >= 0.6 is 11.3 Å². The molecule has 1 aliphatic rings. The summed E-state index contributed by atoms with van der Waals surface area (Å²) in [5.41, 5.74) is 28.2. The molecule has 0 radical (unpaired) electrons. The average molecular weight is 1640 g/mol. The molecule has 1 aliphatic carbocycles. The molecule has 8 heterocycles. The molecule has 0 fully saturated rings. The van der Waals surface area contributed by atoms with Crippen molar-refractivity contribution in [2.75, 3.05) is 0 Å². The van der Waals surface area contributed by atoms with E-state index in [1.54, 1.807) is 0 Å². The van der Waals surface area contributed by atoms with Gasteiger partial charge in [0.05, 0.1) is 22.1 Å². The van der Waals surface area contributed by atoms with Crippen molar-refractivity contribution in [1.82, 2.24) is 39.0 Å². The third-order valence-electron chi connectivity index (χ3n) is 25.4. The van der Waals surface area contributed by atoms with E-state index in [4.69, 9.17) is 43.2 Å². The van der Waals surface area contributed by atoms with Gasteiger partial charge in [-0.3, -0.25) is 0 Å². The highest BCUT2D eigenvalue weighted by Gasteiger charge is 2.34. The number of aromatic nitrogens is 8. The summed E-state index contributed by atoms with van der Waals surface area (Å²) in [6.45, 7) is 0. The zero-order valence-electron chi connectivity index (χ0n) is 68.0. The number of thiophene rings is 1. The maximum Gasteiger partial charge on any atom is 0.178 e. The van der Waals surface area contributed by atoms with Crippen molar-refractivity contribution < 1.29 is 13.3 Å². The molecule has 26 aromatic rings. The summed E-state index contributed by atoms with van der Waals surface area (Å²) >= 11 is 1.81. The Bertz CT molecular complexity index is 8850. The van der Waals surface area contributed by atoms with E-state index in [-0.39, 0.29) is 5.92 Å². The second kappa shape index (κ2) is 28.9. The van der Waals surface area contributed by atoms with Crippen LogP contribution < -0.4 is 0 Å². The van der Waals surface area contributed by atoms with Crippen molar-refractivity contribution in [2.45, 2.75) is 5.92 Å². The summed E-state index contributed by atoms with van der Waals surface area (Å²) in [4.78, 5) is 29.8. The lowest BCUT2D eigenvalue weighted by molar-refractivity contribution is 0.634. The van der Waals surface area contributed by atoms with Crippen LogP contribution in [0, 0.1) is 0 Å². The van der Waals surface area contributed by atoms with E-state index in [2.05, 4.69) is 276 Å². The average Bonchev–Trinajstić information content (AvgIpc) is 1.60. The second-order valence-electron chi connectivity index (χ2n) is 32.6. The molecule has 0 N–H and O–H groups in total. The molecule has 11 nitrogen and oxygen atoms in total. The van der Waals surface area contributed by atoms with Crippen LogP contribution in [0.2, 0.25) is 0 Å². The standard InChI is InChI=1S/C64H38N4OS.C51H30N4O2/c1-4-15-38(16-5-1)58-47-23-11-10-21-45(47)48-30-31-50-49-25-14-24-44(60(49)69-61(50)59(48)58)41-27-32-55-51(35-41)46-22-12-13-26-54(46)68(55)43-29-34-57-53(37-43)52-36-42(28-33-56(52)70-57)64-66-62(39-17-6-2-7-18-39)65-63(67-64)40-19-8-3-9-20-40;1-3-12-31(13-4-1)49-52-50(32-14-5-2-6-15-32)54-51(53-49)33-22-25-35(26-23-33)55-43-20-9-7-16-37(43)42-30-34(24-29-44(42)55)36-18-11-19-39-41-28-27-40-38-17-8-10-21-45(38)56-47(40)48(41)57-46(36)39/h1-37,58H;1-30H. The fourth-order valence-electron chi connectivity index (χ4n) is 19.6. The Balaban J connectivity index is 0.000000138. The SMILES string of the molecule is c1ccc(-c2nc(-c3ccccc3)nc(-c3ccc(-n4c5ccccc5c5cc(-c6cccc7c6oc6c7ccc7c8ccccc8oc76)ccc54)cc3)n2)cc1.c1ccc(-c2nc(-c3ccccc3)nc(-c3ccc4sc5ccc(-n6c7ccccc7c7cc(-c8cccc9c8oc8c%10c(ccc89)-c8ccccc8C%10c8ccccc8)ccc76)cc5c4c3)n2)cc1. The normalized spacial score (nSPS) is 12.6. The van der Waals surface area contributed by atoms with Gasteiger partial charge in [0, 0.05) is 141 Å². The summed E-state index contributed by atoms with van der Waals surface area (Å²) in [5.74, 6) is 3.95. The van der Waals surface area contributed by atoms with Crippen LogP contribution in [0.4, 0.5) is 0 Å². The summed E-state index contributed by atoms with van der Waals surface area (Å²) in [6.07, 6.45) is 0. The van der Waals surface area contributed by atoms with Crippen LogP contribution in [-0.4, -0.2) is 39.0 Å².